The van der Waals surface area contributed by atoms with Gasteiger partial charge in [-0.1, -0.05) is 18.2 Å². The van der Waals surface area contributed by atoms with E-state index in [4.69, 9.17) is 0 Å². The van der Waals surface area contributed by atoms with E-state index in [9.17, 15) is 9.18 Å². The summed E-state index contributed by atoms with van der Waals surface area (Å²) in [5, 5.41) is 2.97. The summed E-state index contributed by atoms with van der Waals surface area (Å²) in [6.45, 7) is 1.04. The number of hydrogen-bond donors (Lipinski definition) is 1. The van der Waals surface area contributed by atoms with Crippen LogP contribution in [0.15, 0.2) is 30.3 Å². The molecule has 1 aliphatic heterocycles. The van der Waals surface area contributed by atoms with E-state index >= 15 is 0 Å². The lowest BCUT2D eigenvalue weighted by Crippen LogP contribution is -2.29. The van der Waals surface area contributed by atoms with Gasteiger partial charge in [0.1, 0.15) is 6.17 Å². The number of hydrogen-bond acceptors (Lipinski definition) is 2. The molecule has 2 rings (SSSR count). The summed E-state index contributed by atoms with van der Waals surface area (Å²) < 4.78 is 13.7. The molecule has 1 atom stereocenters. The normalized spacial score (nSPS) is 19.3. The Labute approximate surface area is 106 Å². The van der Waals surface area contributed by atoms with Crippen LogP contribution in [0.25, 0.3) is 5.57 Å². The third-order valence-electron chi connectivity index (χ3n) is 3.00. The van der Waals surface area contributed by atoms with Gasteiger partial charge in [0.2, 0.25) is 0 Å². The molecule has 1 aliphatic rings. The molecule has 1 amide bonds. The smallest absolute Gasteiger partial charge is 0.253 e. The van der Waals surface area contributed by atoms with Gasteiger partial charge in [-0.2, -0.15) is 0 Å². The van der Waals surface area contributed by atoms with Crippen LogP contribution in [0.2, 0.25) is 0 Å². The van der Waals surface area contributed by atoms with Crippen molar-refractivity contribution in [2.75, 3.05) is 27.2 Å². The highest BCUT2D eigenvalue weighted by atomic mass is 19.1. The second-order valence-electron chi connectivity index (χ2n) is 4.56. The van der Waals surface area contributed by atoms with Gasteiger partial charge in [-0.3, -0.25) is 4.79 Å². The Balaban J connectivity index is 2.22. The Morgan fingerprint density at radius 2 is 2.00 bits per heavy atom. The van der Waals surface area contributed by atoms with E-state index in [1.165, 1.54) is 4.90 Å². The molecule has 1 heterocycles. The van der Waals surface area contributed by atoms with E-state index in [1.807, 2.05) is 6.08 Å². The van der Waals surface area contributed by atoms with Crippen LogP contribution in [0, 0.1) is 0 Å². The molecule has 0 spiro atoms. The third kappa shape index (κ3) is 2.59. The topological polar surface area (TPSA) is 32.3 Å². The third-order valence-corrected chi connectivity index (χ3v) is 3.00. The van der Waals surface area contributed by atoms with Crippen molar-refractivity contribution in [1.82, 2.24) is 10.2 Å². The van der Waals surface area contributed by atoms with Crippen LogP contribution >= 0.6 is 0 Å². The van der Waals surface area contributed by atoms with E-state index in [0.29, 0.717) is 24.2 Å². The summed E-state index contributed by atoms with van der Waals surface area (Å²) in [6.07, 6.45) is 0.880. The van der Waals surface area contributed by atoms with E-state index in [1.54, 1.807) is 38.4 Å². The molecule has 1 aromatic rings. The molecular weight excluding hydrogens is 231 g/mol. The van der Waals surface area contributed by atoms with Gasteiger partial charge in [-0.05, 0) is 23.3 Å². The predicted molar refractivity (Wildman–Crippen MR) is 70.2 cm³/mol. The van der Waals surface area contributed by atoms with Crippen molar-refractivity contribution >= 4 is 11.5 Å². The van der Waals surface area contributed by atoms with Crippen molar-refractivity contribution in [3.8, 4) is 0 Å². The lowest BCUT2D eigenvalue weighted by Gasteiger charge is -2.19. The molecule has 0 aliphatic carbocycles. The number of halogens is 1. The number of rotatable bonds is 2. The number of carbonyl (C=O) groups excluding carboxylic acids is 1. The minimum absolute atomic E-state index is 0.0439. The van der Waals surface area contributed by atoms with E-state index in [0.717, 1.165) is 5.56 Å². The average molecular weight is 248 g/mol. The summed E-state index contributed by atoms with van der Waals surface area (Å²) in [5.74, 6) is -0.0439. The molecule has 0 unspecified atom stereocenters. The molecule has 1 N–H and O–H groups in total. The molecule has 96 valence electrons. The zero-order valence-electron chi connectivity index (χ0n) is 10.6. The number of amides is 1. The fourth-order valence-corrected chi connectivity index (χ4v) is 1.99. The molecule has 3 nitrogen and oxygen atoms in total. The quantitative estimate of drug-likeness (QED) is 0.864. The van der Waals surface area contributed by atoms with Crippen LogP contribution in [0.4, 0.5) is 4.39 Å². The van der Waals surface area contributed by atoms with Gasteiger partial charge in [0, 0.05) is 32.7 Å². The molecular formula is C14H17FN2O. The minimum atomic E-state index is -0.978. The van der Waals surface area contributed by atoms with Gasteiger partial charge in [-0.15, -0.1) is 0 Å². The monoisotopic (exact) mass is 248 g/mol. The first-order valence-corrected chi connectivity index (χ1v) is 5.96. The van der Waals surface area contributed by atoms with Crippen LogP contribution in [-0.4, -0.2) is 44.2 Å². The molecule has 0 bridgehead atoms. The van der Waals surface area contributed by atoms with Crippen molar-refractivity contribution in [1.29, 1.82) is 0 Å². The number of carbonyl (C=O) groups is 1. The second kappa shape index (κ2) is 5.31. The summed E-state index contributed by atoms with van der Waals surface area (Å²) in [5.41, 5.74) is 2.17. The number of alkyl halides is 1. The average Bonchev–Trinajstić information content (AvgIpc) is 2.38. The van der Waals surface area contributed by atoms with E-state index < -0.39 is 6.17 Å². The lowest BCUT2D eigenvalue weighted by atomic mass is 9.97. The summed E-state index contributed by atoms with van der Waals surface area (Å²) >= 11 is 0. The van der Waals surface area contributed by atoms with Crippen LogP contribution in [0.3, 0.4) is 0 Å². The van der Waals surface area contributed by atoms with Crippen molar-refractivity contribution in [2.45, 2.75) is 6.17 Å². The maximum atomic E-state index is 13.7. The molecule has 4 heteroatoms. The Morgan fingerprint density at radius 3 is 2.56 bits per heavy atom. The Hall–Kier alpha value is -1.68. The lowest BCUT2D eigenvalue weighted by molar-refractivity contribution is 0.0827. The van der Waals surface area contributed by atoms with Crippen LogP contribution < -0.4 is 5.32 Å². The van der Waals surface area contributed by atoms with Crippen molar-refractivity contribution in [3.05, 3.63) is 41.5 Å². The Kier molecular flexibility index (Phi) is 3.77. The standard InChI is InChI=1S/C14H17FN2O/c1-17(2)14(18)11-5-3-10(4-6-11)12-7-8-16-9-13(12)15/h3-7,13,16H,8-9H2,1-2H3/t13-/m1/s1. The van der Waals surface area contributed by atoms with Crippen LogP contribution in [0.1, 0.15) is 15.9 Å². The zero-order chi connectivity index (χ0) is 13.1. The summed E-state index contributed by atoms with van der Waals surface area (Å²) in [7, 11) is 3.42. The van der Waals surface area contributed by atoms with Crippen molar-refractivity contribution < 1.29 is 9.18 Å². The molecule has 0 saturated heterocycles. The van der Waals surface area contributed by atoms with Gasteiger partial charge in [0.05, 0.1) is 0 Å². The fourth-order valence-electron chi connectivity index (χ4n) is 1.99. The summed E-state index contributed by atoms with van der Waals surface area (Å²) in [6, 6.07) is 7.10. The molecule has 18 heavy (non-hydrogen) atoms. The molecule has 0 fully saturated rings. The van der Waals surface area contributed by atoms with Gasteiger partial charge < -0.3 is 10.2 Å². The first kappa shape index (κ1) is 12.8. The van der Waals surface area contributed by atoms with Crippen LogP contribution in [0.5, 0.6) is 0 Å². The number of benzene rings is 1. The second-order valence-corrected chi connectivity index (χ2v) is 4.56. The molecule has 0 radical (unpaired) electrons. The number of nitrogens with zero attached hydrogens (tertiary/aromatic N) is 1. The zero-order valence-corrected chi connectivity index (χ0v) is 10.6. The maximum Gasteiger partial charge on any atom is 0.253 e. The fraction of sp³-hybridized carbons (Fsp3) is 0.357. The number of nitrogens with one attached hydrogen (secondary N) is 1. The van der Waals surface area contributed by atoms with Gasteiger partial charge in [0.25, 0.3) is 5.91 Å². The van der Waals surface area contributed by atoms with Gasteiger partial charge in [0.15, 0.2) is 0 Å². The van der Waals surface area contributed by atoms with Crippen LogP contribution in [-0.2, 0) is 0 Å². The largest absolute Gasteiger partial charge is 0.345 e. The molecule has 0 saturated carbocycles. The SMILES string of the molecule is CN(C)C(=O)c1ccc(C2=CCNC[C@H]2F)cc1. The highest BCUT2D eigenvalue weighted by molar-refractivity contribution is 5.94. The Morgan fingerprint density at radius 1 is 1.33 bits per heavy atom. The van der Waals surface area contributed by atoms with Gasteiger partial charge in [-0.25, -0.2) is 4.39 Å². The van der Waals surface area contributed by atoms with E-state index in [-0.39, 0.29) is 5.91 Å². The molecule has 0 aromatic heterocycles. The highest BCUT2D eigenvalue weighted by Gasteiger charge is 2.18. The Bertz CT molecular complexity index is 465. The first-order valence-electron chi connectivity index (χ1n) is 5.96. The maximum absolute atomic E-state index is 13.7. The highest BCUT2D eigenvalue weighted by Crippen LogP contribution is 2.23. The first-order chi connectivity index (χ1) is 8.59. The van der Waals surface area contributed by atoms with Gasteiger partial charge >= 0.3 is 0 Å². The summed E-state index contributed by atoms with van der Waals surface area (Å²) in [4.78, 5) is 13.2. The van der Waals surface area contributed by atoms with Crippen molar-refractivity contribution in [2.24, 2.45) is 0 Å². The predicted octanol–water partition coefficient (Wildman–Crippen LogP) is 1.71. The minimum Gasteiger partial charge on any atom is -0.345 e. The molecule has 1 aromatic carbocycles. The van der Waals surface area contributed by atoms with E-state index in [2.05, 4.69) is 5.32 Å². The van der Waals surface area contributed by atoms with Crippen molar-refractivity contribution in [3.63, 3.8) is 0 Å².